The highest BCUT2D eigenvalue weighted by molar-refractivity contribution is 5.78. The van der Waals surface area contributed by atoms with E-state index in [-0.39, 0.29) is 24.8 Å². The third-order valence-corrected chi connectivity index (χ3v) is 4.01. The lowest BCUT2D eigenvalue weighted by atomic mass is 10.2. The predicted octanol–water partition coefficient (Wildman–Crippen LogP) is 2.93. The van der Waals surface area contributed by atoms with Gasteiger partial charge in [0.15, 0.2) is 0 Å². The molecule has 5 heteroatoms. The van der Waals surface area contributed by atoms with Gasteiger partial charge in [-0.3, -0.25) is 9.69 Å². The number of benzene rings is 2. The van der Waals surface area contributed by atoms with E-state index in [0.717, 1.165) is 5.56 Å². The average molecular weight is 344 g/mol. The number of hydrogen-bond donors (Lipinski definition) is 0. The van der Waals surface area contributed by atoms with Crippen LogP contribution in [-0.4, -0.2) is 49.6 Å². The summed E-state index contributed by atoms with van der Waals surface area (Å²) < 4.78 is 18.9. The van der Waals surface area contributed by atoms with Crippen LogP contribution in [0.5, 0.6) is 0 Å². The van der Waals surface area contributed by atoms with E-state index in [1.807, 2.05) is 35.2 Å². The summed E-state index contributed by atoms with van der Waals surface area (Å²) in [6, 6.07) is 16.5. The molecule has 0 saturated heterocycles. The molecule has 0 spiro atoms. The molecule has 25 heavy (non-hydrogen) atoms. The normalized spacial score (nSPS) is 10.9. The minimum absolute atomic E-state index is 0.0460. The van der Waals surface area contributed by atoms with Gasteiger partial charge in [-0.2, -0.15) is 0 Å². The third-order valence-electron chi connectivity index (χ3n) is 4.01. The molecule has 0 aliphatic carbocycles. The van der Waals surface area contributed by atoms with Crippen LogP contribution in [0.1, 0.15) is 11.1 Å². The van der Waals surface area contributed by atoms with Crippen LogP contribution < -0.4 is 0 Å². The maximum absolute atomic E-state index is 13.8. The molecular formula is C20H25FN2O2. The van der Waals surface area contributed by atoms with Crippen molar-refractivity contribution in [1.29, 1.82) is 0 Å². The van der Waals surface area contributed by atoms with Gasteiger partial charge in [0.25, 0.3) is 0 Å². The van der Waals surface area contributed by atoms with Gasteiger partial charge in [-0.05, 0) is 11.6 Å². The monoisotopic (exact) mass is 344 g/mol. The van der Waals surface area contributed by atoms with Crippen molar-refractivity contribution in [3.8, 4) is 0 Å². The molecule has 0 unspecified atom stereocenters. The van der Waals surface area contributed by atoms with E-state index in [2.05, 4.69) is 0 Å². The zero-order valence-electron chi connectivity index (χ0n) is 14.8. The van der Waals surface area contributed by atoms with Crippen molar-refractivity contribution >= 4 is 5.91 Å². The molecule has 0 radical (unpaired) electrons. The molecule has 134 valence electrons. The van der Waals surface area contributed by atoms with E-state index in [9.17, 15) is 9.18 Å². The van der Waals surface area contributed by atoms with Gasteiger partial charge in [0.05, 0.1) is 13.2 Å². The first kappa shape index (κ1) is 19.1. The van der Waals surface area contributed by atoms with Crippen LogP contribution in [0.15, 0.2) is 54.6 Å². The van der Waals surface area contributed by atoms with E-state index in [1.165, 1.54) is 6.07 Å². The Balaban J connectivity index is 1.96. The van der Waals surface area contributed by atoms with Crippen molar-refractivity contribution in [2.45, 2.75) is 13.1 Å². The molecule has 0 aromatic heterocycles. The van der Waals surface area contributed by atoms with Crippen LogP contribution in [0.4, 0.5) is 4.39 Å². The second-order valence-corrected chi connectivity index (χ2v) is 6.03. The average Bonchev–Trinajstić information content (AvgIpc) is 2.62. The summed E-state index contributed by atoms with van der Waals surface area (Å²) in [4.78, 5) is 16.1. The van der Waals surface area contributed by atoms with Crippen molar-refractivity contribution in [3.63, 3.8) is 0 Å². The zero-order chi connectivity index (χ0) is 18.1. The zero-order valence-corrected chi connectivity index (χ0v) is 14.8. The van der Waals surface area contributed by atoms with Crippen LogP contribution in [0, 0.1) is 5.82 Å². The standard InChI is InChI=1S/C20H25FN2O2/c1-22(15-18-10-6-7-11-19(18)21)20(24)16-23(12-13-25-2)14-17-8-4-3-5-9-17/h3-11H,12-16H2,1-2H3. The maximum atomic E-state index is 13.8. The van der Waals surface area contributed by atoms with Crippen molar-refractivity contribution < 1.29 is 13.9 Å². The molecule has 1 amide bonds. The molecule has 0 atom stereocenters. The Kier molecular flexibility index (Phi) is 7.57. The number of likely N-dealkylation sites (N-methyl/N-ethyl adjacent to an activating group) is 1. The molecule has 4 nitrogen and oxygen atoms in total. The van der Waals surface area contributed by atoms with E-state index in [0.29, 0.717) is 25.3 Å². The van der Waals surface area contributed by atoms with Crippen LogP contribution in [0.3, 0.4) is 0 Å². The van der Waals surface area contributed by atoms with Crippen molar-refractivity contribution in [2.75, 3.05) is 33.9 Å². The summed E-state index contributed by atoms with van der Waals surface area (Å²) in [5.41, 5.74) is 1.66. The summed E-state index contributed by atoms with van der Waals surface area (Å²) in [5.74, 6) is -0.335. The fourth-order valence-corrected chi connectivity index (χ4v) is 2.56. The Morgan fingerprint density at radius 2 is 1.72 bits per heavy atom. The second kappa shape index (κ2) is 9.91. The second-order valence-electron chi connectivity index (χ2n) is 6.03. The summed E-state index contributed by atoms with van der Waals surface area (Å²) in [5, 5.41) is 0. The minimum Gasteiger partial charge on any atom is -0.383 e. The van der Waals surface area contributed by atoms with Crippen molar-refractivity contribution in [1.82, 2.24) is 9.80 Å². The number of methoxy groups -OCH3 is 1. The highest BCUT2D eigenvalue weighted by Crippen LogP contribution is 2.10. The molecule has 0 heterocycles. The molecule has 2 aromatic rings. The van der Waals surface area contributed by atoms with Crippen LogP contribution in [0.2, 0.25) is 0 Å². The summed E-state index contributed by atoms with van der Waals surface area (Å²) in [6.07, 6.45) is 0. The Hall–Kier alpha value is -2.24. The molecule has 0 fully saturated rings. The lowest BCUT2D eigenvalue weighted by Crippen LogP contribution is -2.39. The molecular weight excluding hydrogens is 319 g/mol. The van der Waals surface area contributed by atoms with Gasteiger partial charge in [-0.15, -0.1) is 0 Å². The maximum Gasteiger partial charge on any atom is 0.236 e. The molecule has 0 N–H and O–H groups in total. The highest BCUT2D eigenvalue weighted by atomic mass is 19.1. The lowest BCUT2D eigenvalue weighted by Gasteiger charge is -2.25. The molecule has 0 aliphatic heterocycles. The first-order valence-electron chi connectivity index (χ1n) is 8.32. The van der Waals surface area contributed by atoms with Crippen molar-refractivity contribution in [3.05, 3.63) is 71.5 Å². The third kappa shape index (κ3) is 6.29. The van der Waals surface area contributed by atoms with E-state index in [1.54, 1.807) is 37.3 Å². The van der Waals surface area contributed by atoms with Gasteiger partial charge in [0, 0.05) is 39.4 Å². The summed E-state index contributed by atoms with van der Waals surface area (Å²) in [6.45, 7) is 2.41. The first-order chi connectivity index (χ1) is 12.1. The SMILES string of the molecule is COCCN(CC(=O)N(C)Cc1ccccc1F)Cc1ccccc1. The fourth-order valence-electron chi connectivity index (χ4n) is 2.56. The summed E-state index contributed by atoms with van der Waals surface area (Å²) >= 11 is 0. The molecule has 2 rings (SSSR count). The minimum atomic E-state index is -0.289. The Morgan fingerprint density at radius 3 is 2.40 bits per heavy atom. The smallest absolute Gasteiger partial charge is 0.236 e. The summed E-state index contributed by atoms with van der Waals surface area (Å²) in [7, 11) is 3.35. The Labute approximate surface area is 148 Å². The number of amides is 1. The van der Waals surface area contributed by atoms with Crippen LogP contribution >= 0.6 is 0 Å². The van der Waals surface area contributed by atoms with Gasteiger partial charge in [-0.25, -0.2) is 4.39 Å². The van der Waals surface area contributed by atoms with E-state index >= 15 is 0 Å². The number of halogens is 1. The van der Waals surface area contributed by atoms with Gasteiger partial charge < -0.3 is 9.64 Å². The number of carbonyl (C=O) groups is 1. The number of hydrogen-bond acceptors (Lipinski definition) is 3. The quantitative estimate of drug-likeness (QED) is 0.701. The molecule has 2 aromatic carbocycles. The van der Waals surface area contributed by atoms with Gasteiger partial charge in [0.2, 0.25) is 5.91 Å². The Bertz CT molecular complexity index is 664. The number of ether oxygens (including phenoxy) is 1. The van der Waals surface area contributed by atoms with Crippen molar-refractivity contribution in [2.24, 2.45) is 0 Å². The highest BCUT2D eigenvalue weighted by Gasteiger charge is 2.16. The van der Waals surface area contributed by atoms with Crippen LogP contribution in [0.25, 0.3) is 0 Å². The van der Waals surface area contributed by atoms with Gasteiger partial charge in [-0.1, -0.05) is 48.5 Å². The fraction of sp³-hybridized carbons (Fsp3) is 0.350. The predicted molar refractivity (Wildman–Crippen MR) is 96.5 cm³/mol. The number of rotatable bonds is 9. The van der Waals surface area contributed by atoms with E-state index < -0.39 is 0 Å². The largest absolute Gasteiger partial charge is 0.383 e. The lowest BCUT2D eigenvalue weighted by molar-refractivity contribution is -0.132. The number of nitrogens with zero attached hydrogens (tertiary/aromatic N) is 2. The van der Waals surface area contributed by atoms with E-state index in [4.69, 9.17) is 4.74 Å². The first-order valence-corrected chi connectivity index (χ1v) is 8.32. The molecule has 0 aliphatic rings. The topological polar surface area (TPSA) is 32.8 Å². The molecule has 0 bridgehead atoms. The Morgan fingerprint density at radius 1 is 1.04 bits per heavy atom. The van der Waals surface area contributed by atoms with Gasteiger partial charge in [0.1, 0.15) is 5.82 Å². The van der Waals surface area contributed by atoms with Gasteiger partial charge >= 0.3 is 0 Å². The van der Waals surface area contributed by atoms with Crippen LogP contribution in [-0.2, 0) is 22.6 Å². The molecule has 0 saturated carbocycles. The number of carbonyl (C=O) groups excluding carboxylic acids is 1.